The predicted octanol–water partition coefficient (Wildman–Crippen LogP) is 2.21. The molecule has 0 radical (unpaired) electrons. The lowest BCUT2D eigenvalue weighted by atomic mass is 10.1. The van der Waals surface area contributed by atoms with Gasteiger partial charge < -0.3 is 14.5 Å². The molecule has 0 N–H and O–H groups in total. The van der Waals surface area contributed by atoms with Gasteiger partial charge in [0.25, 0.3) is 0 Å². The van der Waals surface area contributed by atoms with Gasteiger partial charge in [-0.15, -0.1) is 0 Å². The number of carbonyl (C=O) groups excluding carboxylic acids is 1. The minimum atomic E-state index is -0.238. The third kappa shape index (κ3) is 4.24. The molecule has 4 heteroatoms. The lowest BCUT2D eigenvalue weighted by molar-refractivity contribution is 0.0998. The van der Waals surface area contributed by atoms with Gasteiger partial charge in [0, 0.05) is 20.1 Å². The number of hydrogen-bond donors (Lipinski definition) is 0. The van der Waals surface area contributed by atoms with Gasteiger partial charge in [0.2, 0.25) is 0 Å². The summed E-state index contributed by atoms with van der Waals surface area (Å²) in [5.74, 6) is 0.569. The first-order chi connectivity index (χ1) is 9.15. The topological polar surface area (TPSA) is 32.8 Å². The SMILES string of the molecule is CN1CC[C@H](CN(C)C(=O)OCc2ccccc2)C1. The fraction of sp³-hybridized carbons (Fsp3) is 0.533. The van der Waals surface area contributed by atoms with Crippen LogP contribution < -0.4 is 0 Å². The maximum absolute atomic E-state index is 11.9. The molecule has 1 heterocycles. The Balaban J connectivity index is 1.73. The molecule has 0 unspecified atom stereocenters. The van der Waals surface area contributed by atoms with E-state index in [9.17, 15) is 4.79 Å². The van der Waals surface area contributed by atoms with Gasteiger partial charge in [0.15, 0.2) is 0 Å². The van der Waals surface area contributed by atoms with Gasteiger partial charge >= 0.3 is 6.09 Å². The Bertz CT molecular complexity index is 408. The highest BCUT2D eigenvalue weighted by Crippen LogP contribution is 2.15. The van der Waals surface area contributed by atoms with E-state index in [1.54, 1.807) is 4.90 Å². The average molecular weight is 262 g/mol. The van der Waals surface area contributed by atoms with E-state index in [0.29, 0.717) is 12.5 Å². The summed E-state index contributed by atoms with van der Waals surface area (Å²) in [6, 6.07) is 9.76. The maximum atomic E-state index is 11.9. The summed E-state index contributed by atoms with van der Waals surface area (Å²) >= 11 is 0. The summed E-state index contributed by atoms with van der Waals surface area (Å²) in [4.78, 5) is 15.9. The van der Waals surface area contributed by atoms with Crippen molar-refractivity contribution in [1.82, 2.24) is 9.80 Å². The van der Waals surface area contributed by atoms with E-state index in [2.05, 4.69) is 11.9 Å². The number of nitrogens with zero attached hydrogens (tertiary/aromatic N) is 2. The van der Waals surface area contributed by atoms with Gasteiger partial charge in [-0.2, -0.15) is 0 Å². The molecule has 1 aliphatic heterocycles. The zero-order valence-electron chi connectivity index (χ0n) is 11.7. The Morgan fingerprint density at radius 2 is 2.16 bits per heavy atom. The molecule has 2 rings (SSSR count). The molecule has 1 aromatic rings. The highest BCUT2D eigenvalue weighted by atomic mass is 16.6. The molecule has 1 aromatic carbocycles. The molecule has 1 fully saturated rings. The first kappa shape index (κ1) is 13.9. The van der Waals surface area contributed by atoms with Gasteiger partial charge in [-0.3, -0.25) is 0 Å². The molecular weight excluding hydrogens is 240 g/mol. The number of ether oxygens (including phenoxy) is 1. The zero-order chi connectivity index (χ0) is 13.7. The molecule has 0 aromatic heterocycles. The molecular formula is C15H22N2O2. The van der Waals surface area contributed by atoms with E-state index in [-0.39, 0.29) is 6.09 Å². The number of likely N-dealkylation sites (tertiary alicyclic amines) is 1. The summed E-state index contributed by atoms with van der Waals surface area (Å²) < 4.78 is 5.30. The molecule has 0 saturated carbocycles. The molecule has 0 spiro atoms. The van der Waals surface area contributed by atoms with Crippen molar-refractivity contribution in [1.29, 1.82) is 0 Å². The van der Waals surface area contributed by atoms with Crippen molar-refractivity contribution in [3.8, 4) is 0 Å². The third-order valence-electron chi connectivity index (χ3n) is 3.54. The van der Waals surface area contributed by atoms with Crippen molar-refractivity contribution in [2.75, 3.05) is 33.7 Å². The van der Waals surface area contributed by atoms with Gasteiger partial charge in [0.1, 0.15) is 6.61 Å². The van der Waals surface area contributed by atoms with Crippen molar-refractivity contribution in [2.45, 2.75) is 13.0 Å². The molecule has 104 valence electrons. The van der Waals surface area contributed by atoms with Crippen LogP contribution >= 0.6 is 0 Å². The minimum Gasteiger partial charge on any atom is -0.445 e. The van der Waals surface area contributed by atoms with Gasteiger partial charge in [0.05, 0.1) is 0 Å². The first-order valence-corrected chi connectivity index (χ1v) is 6.75. The molecule has 0 bridgehead atoms. The number of benzene rings is 1. The van der Waals surface area contributed by atoms with Gasteiger partial charge in [-0.05, 0) is 31.5 Å². The average Bonchev–Trinajstić information content (AvgIpc) is 2.82. The van der Waals surface area contributed by atoms with Crippen LogP contribution in [0, 0.1) is 5.92 Å². The minimum absolute atomic E-state index is 0.238. The standard InChI is InChI=1S/C15H22N2O2/c1-16-9-8-14(10-16)11-17(2)15(18)19-12-13-6-4-3-5-7-13/h3-7,14H,8-12H2,1-2H3/t14-/m0/s1. The van der Waals surface area contributed by atoms with Crippen LogP contribution in [0.15, 0.2) is 30.3 Å². The van der Waals surface area contributed by atoms with Crippen LogP contribution in [0.1, 0.15) is 12.0 Å². The summed E-state index contributed by atoms with van der Waals surface area (Å²) in [6.07, 6.45) is 0.922. The highest BCUT2D eigenvalue weighted by molar-refractivity contribution is 5.67. The van der Waals surface area contributed by atoms with E-state index >= 15 is 0 Å². The highest BCUT2D eigenvalue weighted by Gasteiger charge is 2.23. The second-order valence-electron chi connectivity index (χ2n) is 5.34. The van der Waals surface area contributed by atoms with Crippen molar-refractivity contribution in [3.05, 3.63) is 35.9 Å². The summed E-state index contributed by atoms with van der Waals surface area (Å²) in [5.41, 5.74) is 1.02. The van der Waals surface area contributed by atoms with Crippen LogP contribution in [0.3, 0.4) is 0 Å². The Hall–Kier alpha value is -1.55. The Morgan fingerprint density at radius 3 is 2.79 bits per heavy atom. The number of amides is 1. The van der Waals surface area contributed by atoms with E-state index < -0.39 is 0 Å². The van der Waals surface area contributed by atoms with Crippen LogP contribution in [0.2, 0.25) is 0 Å². The Kier molecular flexibility index (Phi) is 4.80. The summed E-state index contributed by atoms with van der Waals surface area (Å²) in [6.45, 7) is 3.31. The summed E-state index contributed by atoms with van der Waals surface area (Å²) in [5, 5.41) is 0. The normalized spacial score (nSPS) is 19.4. The van der Waals surface area contributed by atoms with Crippen molar-refractivity contribution < 1.29 is 9.53 Å². The molecule has 19 heavy (non-hydrogen) atoms. The van der Waals surface area contributed by atoms with Crippen LogP contribution in [0.25, 0.3) is 0 Å². The van der Waals surface area contributed by atoms with E-state index in [0.717, 1.165) is 31.6 Å². The van der Waals surface area contributed by atoms with Crippen molar-refractivity contribution in [3.63, 3.8) is 0 Å². The molecule has 1 amide bonds. The van der Waals surface area contributed by atoms with E-state index in [4.69, 9.17) is 4.74 Å². The van der Waals surface area contributed by atoms with E-state index in [1.165, 1.54) is 0 Å². The summed E-state index contributed by atoms with van der Waals surface area (Å²) in [7, 11) is 3.93. The van der Waals surface area contributed by atoms with Gasteiger partial charge in [-0.25, -0.2) is 4.79 Å². The lowest BCUT2D eigenvalue weighted by Crippen LogP contribution is -2.33. The quantitative estimate of drug-likeness (QED) is 0.834. The van der Waals surface area contributed by atoms with Crippen LogP contribution in [0.5, 0.6) is 0 Å². The van der Waals surface area contributed by atoms with Gasteiger partial charge in [-0.1, -0.05) is 30.3 Å². The van der Waals surface area contributed by atoms with Crippen LogP contribution in [0.4, 0.5) is 4.79 Å². The third-order valence-corrected chi connectivity index (χ3v) is 3.54. The van der Waals surface area contributed by atoms with Crippen LogP contribution in [-0.2, 0) is 11.3 Å². The zero-order valence-corrected chi connectivity index (χ0v) is 11.7. The Morgan fingerprint density at radius 1 is 1.42 bits per heavy atom. The molecule has 1 atom stereocenters. The van der Waals surface area contributed by atoms with Crippen molar-refractivity contribution in [2.24, 2.45) is 5.92 Å². The smallest absolute Gasteiger partial charge is 0.409 e. The fourth-order valence-electron chi connectivity index (χ4n) is 2.47. The second kappa shape index (κ2) is 6.57. The number of hydrogen-bond acceptors (Lipinski definition) is 3. The molecule has 4 nitrogen and oxygen atoms in total. The number of carbonyl (C=O) groups is 1. The number of rotatable bonds is 4. The predicted molar refractivity (Wildman–Crippen MR) is 74.9 cm³/mol. The lowest BCUT2D eigenvalue weighted by Gasteiger charge is -2.20. The monoisotopic (exact) mass is 262 g/mol. The fourth-order valence-corrected chi connectivity index (χ4v) is 2.47. The largest absolute Gasteiger partial charge is 0.445 e. The molecule has 1 aliphatic rings. The van der Waals surface area contributed by atoms with E-state index in [1.807, 2.05) is 37.4 Å². The maximum Gasteiger partial charge on any atom is 0.409 e. The Labute approximate surface area is 115 Å². The molecule has 1 saturated heterocycles. The molecule has 0 aliphatic carbocycles. The first-order valence-electron chi connectivity index (χ1n) is 6.75. The second-order valence-corrected chi connectivity index (χ2v) is 5.34. The van der Waals surface area contributed by atoms with Crippen LogP contribution in [-0.4, -0.2) is 49.6 Å². The van der Waals surface area contributed by atoms with Crippen molar-refractivity contribution >= 4 is 6.09 Å².